The summed E-state index contributed by atoms with van der Waals surface area (Å²) in [5.41, 5.74) is 3.46. The molecule has 0 spiro atoms. The maximum Gasteiger partial charge on any atom is 0.223 e. The Kier molecular flexibility index (Phi) is 4.74. The topological polar surface area (TPSA) is 34.2 Å². The largest absolute Gasteiger partial charge is 0.438 e. The fourth-order valence-electron chi connectivity index (χ4n) is 2.15. The zero-order valence-electron chi connectivity index (χ0n) is 12.6. The first kappa shape index (κ1) is 14.5. The molecule has 0 saturated heterocycles. The van der Waals surface area contributed by atoms with E-state index < -0.39 is 0 Å². The van der Waals surface area contributed by atoms with Gasteiger partial charge in [0.25, 0.3) is 0 Å². The fraction of sp³-hybridized carbons (Fsp3) is 0.353. The van der Waals surface area contributed by atoms with E-state index in [1.807, 2.05) is 19.2 Å². The van der Waals surface area contributed by atoms with Crippen LogP contribution in [0.3, 0.4) is 0 Å². The van der Waals surface area contributed by atoms with Gasteiger partial charge in [-0.05, 0) is 43.1 Å². The molecule has 3 heteroatoms. The van der Waals surface area contributed by atoms with Gasteiger partial charge in [-0.15, -0.1) is 0 Å². The molecule has 0 aliphatic heterocycles. The van der Waals surface area contributed by atoms with Crippen molar-refractivity contribution in [3.63, 3.8) is 0 Å². The van der Waals surface area contributed by atoms with Gasteiger partial charge >= 0.3 is 0 Å². The smallest absolute Gasteiger partial charge is 0.223 e. The van der Waals surface area contributed by atoms with Crippen molar-refractivity contribution in [2.75, 3.05) is 7.05 Å². The van der Waals surface area contributed by atoms with Crippen LogP contribution >= 0.6 is 0 Å². The van der Waals surface area contributed by atoms with Crippen LogP contribution in [0.4, 0.5) is 0 Å². The number of hydrogen-bond donors (Lipinski definition) is 1. The Morgan fingerprint density at radius 3 is 2.75 bits per heavy atom. The molecule has 0 unspecified atom stereocenters. The number of aryl methyl sites for hydroxylation is 1. The summed E-state index contributed by atoms with van der Waals surface area (Å²) >= 11 is 0. The molecule has 106 valence electrons. The Labute approximate surface area is 121 Å². The van der Waals surface area contributed by atoms with Crippen LogP contribution in [0.25, 0.3) is 0 Å². The van der Waals surface area contributed by atoms with Gasteiger partial charge in [0.15, 0.2) is 0 Å². The molecule has 0 fully saturated rings. The van der Waals surface area contributed by atoms with Gasteiger partial charge in [0.1, 0.15) is 5.75 Å². The average Bonchev–Trinajstić information content (AvgIpc) is 2.41. The second-order valence-electron chi connectivity index (χ2n) is 5.30. The number of aromatic nitrogens is 1. The van der Waals surface area contributed by atoms with E-state index in [0.717, 1.165) is 17.9 Å². The fourth-order valence-corrected chi connectivity index (χ4v) is 2.15. The van der Waals surface area contributed by atoms with E-state index in [9.17, 15) is 0 Å². The first-order chi connectivity index (χ1) is 9.61. The Balaban J connectivity index is 2.37. The molecular weight excluding hydrogens is 248 g/mol. The molecule has 1 heterocycles. The average molecular weight is 270 g/mol. The van der Waals surface area contributed by atoms with E-state index in [2.05, 4.69) is 49.3 Å². The molecule has 0 amide bonds. The lowest BCUT2D eigenvalue weighted by Gasteiger charge is -2.15. The van der Waals surface area contributed by atoms with Crippen LogP contribution in [0.15, 0.2) is 36.5 Å². The first-order valence-corrected chi connectivity index (χ1v) is 6.98. The Morgan fingerprint density at radius 1 is 1.25 bits per heavy atom. The Hall–Kier alpha value is -1.87. The lowest BCUT2D eigenvalue weighted by molar-refractivity contribution is 0.446. The van der Waals surface area contributed by atoms with Crippen molar-refractivity contribution < 1.29 is 4.74 Å². The highest BCUT2D eigenvalue weighted by molar-refractivity contribution is 5.42. The summed E-state index contributed by atoms with van der Waals surface area (Å²) in [4.78, 5) is 4.36. The summed E-state index contributed by atoms with van der Waals surface area (Å²) in [5.74, 6) is 1.99. The van der Waals surface area contributed by atoms with Crippen LogP contribution < -0.4 is 10.1 Å². The zero-order chi connectivity index (χ0) is 14.5. The van der Waals surface area contributed by atoms with Gasteiger partial charge < -0.3 is 10.1 Å². The summed E-state index contributed by atoms with van der Waals surface area (Å²) in [6.07, 6.45) is 1.76. The molecule has 20 heavy (non-hydrogen) atoms. The van der Waals surface area contributed by atoms with Crippen LogP contribution in [-0.4, -0.2) is 12.0 Å². The third kappa shape index (κ3) is 3.36. The molecule has 0 aliphatic rings. The molecule has 2 aromatic rings. The van der Waals surface area contributed by atoms with Crippen molar-refractivity contribution in [1.29, 1.82) is 0 Å². The van der Waals surface area contributed by atoms with E-state index in [1.54, 1.807) is 6.20 Å². The lowest BCUT2D eigenvalue weighted by atomic mass is 10.0. The van der Waals surface area contributed by atoms with Crippen molar-refractivity contribution in [3.05, 3.63) is 53.2 Å². The molecule has 0 aliphatic carbocycles. The molecule has 3 nitrogen and oxygen atoms in total. The summed E-state index contributed by atoms with van der Waals surface area (Å²) in [7, 11) is 1.92. The quantitative estimate of drug-likeness (QED) is 0.891. The van der Waals surface area contributed by atoms with Crippen molar-refractivity contribution >= 4 is 0 Å². The molecule has 0 saturated carbocycles. The number of ether oxygens (including phenoxy) is 1. The predicted octanol–water partition coefficient (Wildman–Crippen LogP) is 4.03. The van der Waals surface area contributed by atoms with Crippen molar-refractivity contribution in [1.82, 2.24) is 10.3 Å². The first-order valence-electron chi connectivity index (χ1n) is 6.98. The van der Waals surface area contributed by atoms with Gasteiger partial charge in [0.05, 0.1) is 0 Å². The normalized spacial score (nSPS) is 10.8. The van der Waals surface area contributed by atoms with Gasteiger partial charge in [-0.3, -0.25) is 0 Å². The highest BCUT2D eigenvalue weighted by atomic mass is 16.5. The van der Waals surface area contributed by atoms with E-state index in [1.165, 1.54) is 11.1 Å². The number of nitrogens with zero attached hydrogens (tertiary/aromatic N) is 1. The van der Waals surface area contributed by atoms with Crippen LogP contribution in [0.5, 0.6) is 11.6 Å². The van der Waals surface area contributed by atoms with Gasteiger partial charge in [-0.2, -0.15) is 0 Å². The summed E-state index contributed by atoms with van der Waals surface area (Å²) < 4.78 is 6.08. The minimum atomic E-state index is 0.419. The minimum absolute atomic E-state index is 0.419. The number of pyridine rings is 1. The van der Waals surface area contributed by atoms with Gasteiger partial charge in [-0.1, -0.05) is 32.0 Å². The second kappa shape index (κ2) is 6.53. The number of hydrogen-bond acceptors (Lipinski definition) is 3. The second-order valence-corrected chi connectivity index (χ2v) is 5.30. The maximum atomic E-state index is 6.08. The Morgan fingerprint density at radius 2 is 2.05 bits per heavy atom. The third-order valence-electron chi connectivity index (χ3n) is 3.21. The summed E-state index contributed by atoms with van der Waals surface area (Å²) in [6.45, 7) is 7.16. The monoisotopic (exact) mass is 270 g/mol. The molecule has 1 aromatic heterocycles. The number of rotatable bonds is 5. The zero-order valence-corrected chi connectivity index (χ0v) is 12.6. The predicted molar refractivity (Wildman–Crippen MR) is 82.3 cm³/mol. The summed E-state index contributed by atoms with van der Waals surface area (Å²) in [5, 5.41) is 3.14. The van der Waals surface area contributed by atoms with E-state index in [-0.39, 0.29) is 0 Å². The van der Waals surface area contributed by atoms with Crippen molar-refractivity contribution in [2.45, 2.75) is 33.2 Å². The van der Waals surface area contributed by atoms with E-state index in [4.69, 9.17) is 4.74 Å². The lowest BCUT2D eigenvalue weighted by Crippen LogP contribution is -2.07. The van der Waals surface area contributed by atoms with Crippen LogP contribution in [0, 0.1) is 6.92 Å². The standard InChI is InChI=1S/C17H22N2O/c1-12(2)15-8-7-13(3)10-16(15)20-17-14(11-18-4)6-5-9-19-17/h5-10,12,18H,11H2,1-4H3. The van der Waals surface area contributed by atoms with E-state index >= 15 is 0 Å². The maximum absolute atomic E-state index is 6.08. The molecule has 0 bridgehead atoms. The van der Waals surface area contributed by atoms with Gasteiger partial charge in [0, 0.05) is 18.3 Å². The van der Waals surface area contributed by atoms with Crippen molar-refractivity contribution in [2.24, 2.45) is 0 Å². The van der Waals surface area contributed by atoms with Crippen LogP contribution in [0.2, 0.25) is 0 Å². The molecule has 0 radical (unpaired) electrons. The highest BCUT2D eigenvalue weighted by Gasteiger charge is 2.11. The molecular formula is C17H22N2O. The summed E-state index contributed by atoms with van der Waals surface area (Å²) in [6, 6.07) is 10.3. The molecule has 1 N–H and O–H groups in total. The molecule has 1 aromatic carbocycles. The number of nitrogens with one attached hydrogen (secondary N) is 1. The van der Waals surface area contributed by atoms with Gasteiger partial charge in [-0.25, -0.2) is 4.98 Å². The third-order valence-corrected chi connectivity index (χ3v) is 3.21. The van der Waals surface area contributed by atoms with Crippen LogP contribution in [0.1, 0.15) is 36.5 Å². The van der Waals surface area contributed by atoms with Crippen LogP contribution in [-0.2, 0) is 6.54 Å². The molecule has 2 rings (SSSR count). The SMILES string of the molecule is CNCc1cccnc1Oc1cc(C)ccc1C(C)C. The highest BCUT2D eigenvalue weighted by Crippen LogP contribution is 2.31. The number of benzene rings is 1. The van der Waals surface area contributed by atoms with E-state index in [0.29, 0.717) is 11.8 Å². The van der Waals surface area contributed by atoms with Gasteiger partial charge in [0.2, 0.25) is 5.88 Å². The minimum Gasteiger partial charge on any atom is -0.438 e. The Bertz CT molecular complexity index is 579. The van der Waals surface area contributed by atoms with Crippen molar-refractivity contribution in [3.8, 4) is 11.6 Å². The molecule has 0 atom stereocenters.